The van der Waals surface area contributed by atoms with Crippen molar-refractivity contribution in [2.45, 2.75) is 41.2 Å². The molecular formula is C27H29N7O2. The summed E-state index contributed by atoms with van der Waals surface area (Å²) in [5.74, 6) is -0.127. The Kier molecular flexibility index (Phi) is 6.74. The fourth-order valence-corrected chi connectivity index (χ4v) is 4.37. The molecule has 2 aromatic carbocycles. The number of hydrogen-bond acceptors (Lipinski definition) is 7. The Bertz CT molecular complexity index is 1570. The number of aromatic nitrogens is 2. The van der Waals surface area contributed by atoms with Gasteiger partial charge < -0.3 is 0 Å². The first-order valence-electron chi connectivity index (χ1n) is 11.6. The maximum absolute atomic E-state index is 13.2. The number of benzene rings is 2. The van der Waals surface area contributed by atoms with Crippen molar-refractivity contribution >= 4 is 34.6 Å². The van der Waals surface area contributed by atoms with Gasteiger partial charge in [-0.3, -0.25) is 24.4 Å². The van der Waals surface area contributed by atoms with Gasteiger partial charge in [0.15, 0.2) is 5.69 Å². The molecule has 1 aliphatic rings. The number of hydrogen-bond donors (Lipinski definition) is 1. The summed E-state index contributed by atoms with van der Waals surface area (Å²) in [4.78, 5) is 30.1. The third kappa shape index (κ3) is 4.39. The Morgan fingerprint density at radius 2 is 1.64 bits per heavy atom. The van der Waals surface area contributed by atoms with Crippen LogP contribution in [0, 0.1) is 34.6 Å². The van der Waals surface area contributed by atoms with Gasteiger partial charge in [0.2, 0.25) is 5.78 Å². The standard InChI is InChI=1S/C27H29N7O2/c1-14-12-24(30-28-6)16(3)15(2)21(14)13-29-23-11-8-19-17(4)22(10-9-20(19)26(23)35)31-32-25-18(5)33-34(7)27(25)36/h8-12,33H,13H2,1-7H3. The van der Waals surface area contributed by atoms with Crippen LogP contribution in [0.15, 0.2) is 54.5 Å². The van der Waals surface area contributed by atoms with Gasteiger partial charge in [0.1, 0.15) is 5.71 Å². The monoisotopic (exact) mass is 483 g/mol. The summed E-state index contributed by atoms with van der Waals surface area (Å²) in [6.07, 6.45) is 3.64. The van der Waals surface area contributed by atoms with Crippen molar-refractivity contribution in [1.82, 2.24) is 9.78 Å². The Morgan fingerprint density at radius 1 is 0.889 bits per heavy atom. The maximum atomic E-state index is 13.2. The second-order valence-electron chi connectivity index (χ2n) is 8.93. The Labute approximate surface area is 209 Å². The zero-order valence-corrected chi connectivity index (χ0v) is 21.6. The van der Waals surface area contributed by atoms with Crippen LogP contribution in [0.1, 0.15) is 49.4 Å². The van der Waals surface area contributed by atoms with E-state index in [0.29, 0.717) is 29.2 Å². The lowest BCUT2D eigenvalue weighted by Gasteiger charge is -2.16. The normalized spacial score (nSPS) is 14.5. The molecular weight excluding hydrogens is 454 g/mol. The van der Waals surface area contributed by atoms with Gasteiger partial charge in [-0.05, 0) is 92.3 Å². The molecule has 1 aliphatic carbocycles. The second-order valence-corrected chi connectivity index (χ2v) is 8.93. The smallest absolute Gasteiger partial charge is 0.294 e. The lowest BCUT2D eigenvalue weighted by atomic mass is 9.90. The van der Waals surface area contributed by atoms with Crippen LogP contribution in [-0.2, 0) is 13.6 Å². The van der Waals surface area contributed by atoms with Crippen LogP contribution in [0.3, 0.4) is 0 Å². The molecule has 0 radical (unpaired) electrons. The number of azo groups is 2. The maximum Gasteiger partial charge on any atom is 0.294 e. The van der Waals surface area contributed by atoms with Gasteiger partial charge in [0, 0.05) is 19.7 Å². The number of aromatic amines is 1. The topological polar surface area (TPSA) is 117 Å². The van der Waals surface area contributed by atoms with Gasteiger partial charge in [-0.25, -0.2) is 0 Å². The SMILES string of the molecule is CN=Nc1cc(C)c(CN=C2C=Cc3c(ccc(N=Nc4c(C)[nH]n(C)c4=O)c3C)C2=O)c(C)c1C. The summed E-state index contributed by atoms with van der Waals surface area (Å²) in [7, 11) is 3.28. The first kappa shape index (κ1) is 24.8. The molecule has 36 heavy (non-hydrogen) atoms. The third-order valence-electron chi connectivity index (χ3n) is 6.67. The average molecular weight is 484 g/mol. The molecule has 1 N–H and O–H groups in total. The molecule has 0 saturated carbocycles. The van der Waals surface area contributed by atoms with E-state index in [4.69, 9.17) is 0 Å². The average Bonchev–Trinajstić information content (AvgIpc) is 3.09. The zero-order valence-electron chi connectivity index (χ0n) is 21.6. The lowest BCUT2D eigenvalue weighted by Crippen LogP contribution is -2.18. The number of allylic oxidation sites excluding steroid dienone is 1. The van der Waals surface area contributed by atoms with Crippen LogP contribution in [-0.4, -0.2) is 28.3 Å². The van der Waals surface area contributed by atoms with Crippen molar-refractivity contribution in [3.63, 3.8) is 0 Å². The molecule has 0 aliphatic heterocycles. The molecule has 0 saturated heterocycles. The van der Waals surface area contributed by atoms with Gasteiger partial charge in [-0.2, -0.15) is 15.3 Å². The van der Waals surface area contributed by atoms with E-state index in [1.807, 2.05) is 39.8 Å². The molecule has 0 amide bonds. The summed E-state index contributed by atoms with van der Waals surface area (Å²) in [6, 6.07) is 5.49. The van der Waals surface area contributed by atoms with Crippen LogP contribution in [0.2, 0.25) is 0 Å². The van der Waals surface area contributed by atoms with E-state index >= 15 is 0 Å². The zero-order chi connectivity index (χ0) is 26.1. The first-order chi connectivity index (χ1) is 17.1. The predicted molar refractivity (Wildman–Crippen MR) is 142 cm³/mol. The van der Waals surface area contributed by atoms with E-state index in [1.54, 1.807) is 39.2 Å². The molecule has 9 heteroatoms. The minimum Gasteiger partial charge on any atom is -0.298 e. The van der Waals surface area contributed by atoms with Crippen LogP contribution < -0.4 is 5.56 Å². The lowest BCUT2D eigenvalue weighted by molar-refractivity contribution is 0.106. The number of nitrogens with one attached hydrogen (secondary N) is 1. The highest BCUT2D eigenvalue weighted by atomic mass is 16.1. The molecule has 1 heterocycles. The molecule has 3 aromatic rings. The van der Waals surface area contributed by atoms with Gasteiger partial charge >= 0.3 is 0 Å². The minimum absolute atomic E-state index is 0.127. The predicted octanol–water partition coefficient (Wildman–Crippen LogP) is 6.24. The summed E-state index contributed by atoms with van der Waals surface area (Å²) in [5, 5.41) is 19.4. The van der Waals surface area contributed by atoms with Crippen molar-refractivity contribution in [2.75, 3.05) is 7.05 Å². The highest BCUT2D eigenvalue weighted by Crippen LogP contribution is 2.32. The quantitative estimate of drug-likeness (QED) is 0.433. The summed E-state index contributed by atoms with van der Waals surface area (Å²) in [6.45, 7) is 10.1. The van der Waals surface area contributed by atoms with E-state index in [-0.39, 0.29) is 17.0 Å². The Balaban J connectivity index is 1.62. The van der Waals surface area contributed by atoms with Gasteiger partial charge in [0.25, 0.3) is 5.56 Å². The number of carbonyl (C=O) groups excluding carboxylic acids is 1. The third-order valence-corrected chi connectivity index (χ3v) is 6.67. The number of nitrogens with zero attached hydrogens (tertiary/aromatic N) is 6. The van der Waals surface area contributed by atoms with Crippen LogP contribution in [0.5, 0.6) is 0 Å². The number of H-pyrrole nitrogens is 1. The van der Waals surface area contributed by atoms with Gasteiger partial charge in [-0.1, -0.05) is 6.08 Å². The molecule has 9 nitrogen and oxygen atoms in total. The van der Waals surface area contributed by atoms with Gasteiger partial charge in [0.05, 0.1) is 23.6 Å². The number of aliphatic imine (C=N–C) groups is 1. The van der Waals surface area contributed by atoms with E-state index in [2.05, 4.69) is 30.5 Å². The Hall–Kier alpha value is -4.27. The van der Waals surface area contributed by atoms with E-state index in [9.17, 15) is 9.59 Å². The van der Waals surface area contributed by atoms with Crippen molar-refractivity contribution in [1.29, 1.82) is 0 Å². The van der Waals surface area contributed by atoms with Crippen LogP contribution in [0.4, 0.5) is 17.1 Å². The minimum atomic E-state index is -0.243. The van der Waals surface area contributed by atoms with Crippen LogP contribution >= 0.6 is 0 Å². The number of carbonyl (C=O) groups is 1. The fourth-order valence-electron chi connectivity index (χ4n) is 4.37. The molecule has 184 valence electrons. The second kappa shape index (κ2) is 9.77. The summed E-state index contributed by atoms with van der Waals surface area (Å²) < 4.78 is 1.36. The van der Waals surface area contributed by atoms with E-state index in [1.165, 1.54) is 4.68 Å². The first-order valence-corrected chi connectivity index (χ1v) is 11.6. The van der Waals surface area contributed by atoms with Crippen molar-refractivity contribution in [2.24, 2.45) is 32.5 Å². The molecule has 0 fully saturated rings. The molecule has 0 spiro atoms. The number of aryl methyl sites for hydroxylation is 3. The van der Waals surface area contributed by atoms with Crippen molar-refractivity contribution in [3.05, 3.63) is 79.3 Å². The van der Waals surface area contributed by atoms with Crippen molar-refractivity contribution < 1.29 is 4.79 Å². The highest BCUT2D eigenvalue weighted by molar-refractivity contribution is 6.52. The number of fused-ring (bicyclic) bond motifs is 1. The summed E-state index contributed by atoms with van der Waals surface area (Å²) in [5.41, 5.74) is 9.01. The Morgan fingerprint density at radius 3 is 2.31 bits per heavy atom. The molecule has 0 bridgehead atoms. The number of rotatable bonds is 5. The highest BCUT2D eigenvalue weighted by Gasteiger charge is 2.22. The van der Waals surface area contributed by atoms with Gasteiger partial charge in [-0.15, -0.1) is 5.11 Å². The number of Topliss-reactive ketones (excluding diaryl/α,β-unsaturated/α-hetero) is 1. The largest absolute Gasteiger partial charge is 0.298 e. The van der Waals surface area contributed by atoms with E-state index in [0.717, 1.165) is 39.1 Å². The summed E-state index contributed by atoms with van der Waals surface area (Å²) >= 11 is 0. The number of ketones is 1. The molecule has 0 atom stereocenters. The molecule has 1 aromatic heterocycles. The van der Waals surface area contributed by atoms with Crippen molar-refractivity contribution in [3.8, 4) is 0 Å². The molecule has 4 rings (SSSR count). The fraction of sp³-hybridized carbons (Fsp3) is 0.296. The van der Waals surface area contributed by atoms with Crippen LogP contribution in [0.25, 0.3) is 6.08 Å². The van der Waals surface area contributed by atoms with E-state index < -0.39 is 0 Å². The molecule has 0 unspecified atom stereocenters.